The molecule has 192 valence electrons. The summed E-state index contributed by atoms with van der Waals surface area (Å²) in [6.07, 6.45) is 1.77. The molecule has 0 aliphatic carbocycles. The van der Waals surface area contributed by atoms with Crippen molar-refractivity contribution in [3.8, 4) is 17.6 Å². The maximum Gasteiger partial charge on any atom is 0.284 e. The number of nitriles is 1. The van der Waals surface area contributed by atoms with Crippen LogP contribution in [0.1, 0.15) is 5.56 Å². The molecule has 4 aromatic rings. The number of ether oxygens (including phenoxy) is 2. The summed E-state index contributed by atoms with van der Waals surface area (Å²) >= 11 is 1.24. The van der Waals surface area contributed by atoms with Gasteiger partial charge in [0.15, 0.2) is 11.5 Å². The Hall–Kier alpha value is -4.30. The number of rotatable bonds is 7. The van der Waals surface area contributed by atoms with Crippen LogP contribution in [0.25, 0.3) is 6.08 Å². The highest BCUT2D eigenvalue weighted by atomic mass is 32.2. The van der Waals surface area contributed by atoms with Crippen LogP contribution in [0.15, 0.2) is 119 Å². The van der Waals surface area contributed by atoms with Crippen molar-refractivity contribution in [3.63, 3.8) is 0 Å². The van der Waals surface area contributed by atoms with Gasteiger partial charge in [-0.2, -0.15) is 5.26 Å². The van der Waals surface area contributed by atoms with E-state index in [1.54, 1.807) is 26.4 Å². The van der Waals surface area contributed by atoms with Gasteiger partial charge in [-0.05, 0) is 46.6 Å². The number of thioether (sulfide) groups is 1. The molecular weight excluding hydrogens is 523 g/mol. The molecule has 0 radical (unpaired) electrons. The molecule has 0 spiro atoms. The number of hydrogen-bond donors (Lipinski definition) is 0. The van der Waals surface area contributed by atoms with Crippen LogP contribution in [0.2, 0.25) is 0 Å². The van der Waals surface area contributed by atoms with Gasteiger partial charge in [0.05, 0.1) is 24.4 Å². The van der Waals surface area contributed by atoms with Crippen LogP contribution in [0, 0.1) is 11.3 Å². The zero-order valence-electron chi connectivity index (χ0n) is 21.4. The smallest absolute Gasteiger partial charge is 0.284 e. The third-order valence-electron chi connectivity index (χ3n) is 6.40. The van der Waals surface area contributed by atoms with Crippen LogP contribution in [0.3, 0.4) is 0 Å². The Kier molecular flexibility index (Phi) is 7.84. The zero-order valence-corrected chi connectivity index (χ0v) is 23.2. The van der Waals surface area contributed by atoms with E-state index in [0.29, 0.717) is 26.7 Å². The lowest BCUT2D eigenvalue weighted by Gasteiger charge is -2.30. The highest BCUT2D eigenvalue weighted by Crippen LogP contribution is 2.48. The van der Waals surface area contributed by atoms with Crippen LogP contribution in [-0.4, -0.2) is 30.5 Å². The number of nitrogens with zero attached hydrogens (tertiary/aromatic N) is 2. The first-order chi connectivity index (χ1) is 19.1. The van der Waals surface area contributed by atoms with E-state index in [1.807, 2.05) is 66.7 Å². The third kappa shape index (κ3) is 4.95. The summed E-state index contributed by atoms with van der Waals surface area (Å²) in [7, 11) is 3.15. The molecular formula is C32H25N2O3PS. The monoisotopic (exact) mass is 548 g/mol. The average Bonchev–Trinajstić information content (AvgIpc) is 3.36. The van der Waals surface area contributed by atoms with Gasteiger partial charge in [-0.3, -0.25) is 4.79 Å². The summed E-state index contributed by atoms with van der Waals surface area (Å²) < 4.78 is 10.8. The van der Waals surface area contributed by atoms with Gasteiger partial charge in [-0.25, -0.2) is 4.99 Å². The van der Waals surface area contributed by atoms with Crippen molar-refractivity contribution >= 4 is 56.9 Å². The van der Waals surface area contributed by atoms with Gasteiger partial charge in [-0.15, -0.1) is 0 Å². The molecule has 1 heterocycles. The number of methoxy groups -OCH3 is 2. The number of carbonyl (C=O) groups excluding carboxylic acids is 1. The Morgan fingerprint density at radius 1 is 0.795 bits per heavy atom. The van der Waals surface area contributed by atoms with Crippen LogP contribution in [-0.2, 0) is 4.79 Å². The summed E-state index contributed by atoms with van der Waals surface area (Å²) in [6, 6.07) is 38.2. The number of benzene rings is 4. The Bertz CT molecular complexity index is 1570. The van der Waals surface area contributed by atoms with Crippen LogP contribution < -0.4 is 25.4 Å². The molecule has 0 bridgehead atoms. The Morgan fingerprint density at radius 3 is 1.77 bits per heavy atom. The van der Waals surface area contributed by atoms with Gasteiger partial charge in [0, 0.05) is 0 Å². The molecule has 0 aromatic heterocycles. The average molecular weight is 549 g/mol. The van der Waals surface area contributed by atoms with Crippen LogP contribution in [0.4, 0.5) is 0 Å². The first-order valence-corrected chi connectivity index (χ1v) is 14.8. The van der Waals surface area contributed by atoms with Crippen molar-refractivity contribution in [1.29, 1.82) is 5.26 Å². The standard InChI is InChI=1S/C32H25N2O3PS/c1-36-27-19-18-23(20-28(27)37-2)21-30-31(35)34-32(39-30)29(22-33)38(24-12-6-3-7-13-24,25-14-8-4-9-15-25)26-16-10-5-11-17-26/h3-21H,1-2H3/b30-21-. The molecule has 5 rings (SSSR count). The number of aliphatic imine (C=N–C) groups is 1. The summed E-state index contributed by atoms with van der Waals surface area (Å²) in [4.78, 5) is 18.1. The number of amides is 1. The summed E-state index contributed by atoms with van der Waals surface area (Å²) in [5.74, 6) is 0.796. The molecule has 5 nitrogen and oxygen atoms in total. The minimum atomic E-state index is -2.68. The first kappa shape index (κ1) is 26.3. The highest BCUT2D eigenvalue weighted by Gasteiger charge is 2.35. The molecule has 4 aromatic carbocycles. The lowest BCUT2D eigenvalue weighted by atomic mass is 10.2. The maximum atomic E-state index is 13.2. The van der Waals surface area contributed by atoms with E-state index in [2.05, 4.69) is 47.5 Å². The fraction of sp³-hybridized carbons (Fsp3) is 0.0625. The van der Waals surface area contributed by atoms with E-state index in [4.69, 9.17) is 9.47 Å². The first-order valence-electron chi connectivity index (χ1n) is 12.2. The molecule has 1 aliphatic rings. The second-order valence-electron chi connectivity index (χ2n) is 8.59. The quantitative estimate of drug-likeness (QED) is 0.228. The third-order valence-corrected chi connectivity index (χ3v) is 11.8. The summed E-state index contributed by atoms with van der Waals surface area (Å²) in [6.45, 7) is -2.68. The predicted octanol–water partition coefficient (Wildman–Crippen LogP) is 5.41. The van der Waals surface area contributed by atoms with E-state index in [-0.39, 0.29) is 5.91 Å². The number of carbonyl (C=O) groups is 1. The SMILES string of the molecule is COc1ccc(/C=C2\SC(C(C#N)=P(c3ccccc3)(c3ccccc3)c3ccccc3)=NC2=O)cc1OC. The molecule has 0 saturated carbocycles. The van der Waals surface area contributed by atoms with Crippen LogP contribution >= 0.6 is 18.6 Å². The molecule has 7 heteroatoms. The Labute approximate surface area is 232 Å². The molecule has 0 atom stereocenters. The predicted molar refractivity (Wildman–Crippen MR) is 163 cm³/mol. The fourth-order valence-corrected chi connectivity index (χ4v) is 10.0. The van der Waals surface area contributed by atoms with Crippen molar-refractivity contribution in [3.05, 3.63) is 120 Å². The van der Waals surface area contributed by atoms with Crippen molar-refractivity contribution < 1.29 is 14.3 Å². The zero-order chi connectivity index (χ0) is 27.2. The molecule has 0 unspecified atom stereocenters. The lowest BCUT2D eigenvalue weighted by molar-refractivity contribution is -0.113. The highest BCUT2D eigenvalue weighted by molar-refractivity contribution is 8.22. The van der Waals surface area contributed by atoms with E-state index in [0.717, 1.165) is 21.5 Å². The Morgan fingerprint density at radius 2 is 1.31 bits per heavy atom. The minimum absolute atomic E-state index is 0.371. The van der Waals surface area contributed by atoms with Crippen molar-refractivity contribution in [2.45, 2.75) is 0 Å². The lowest BCUT2D eigenvalue weighted by Crippen LogP contribution is -2.32. The maximum absolute atomic E-state index is 13.2. The summed E-state index contributed by atoms with van der Waals surface area (Å²) in [5.41, 5.74) is 0.772. The second kappa shape index (κ2) is 11.6. The topological polar surface area (TPSA) is 71.7 Å². The van der Waals surface area contributed by atoms with Gasteiger partial charge in [-0.1, -0.05) is 109 Å². The van der Waals surface area contributed by atoms with Crippen molar-refractivity contribution in [1.82, 2.24) is 0 Å². The molecule has 0 N–H and O–H groups in total. The molecule has 1 amide bonds. The Balaban J connectivity index is 1.74. The van der Waals surface area contributed by atoms with Gasteiger partial charge in [0.25, 0.3) is 5.91 Å². The molecule has 1 aliphatic heterocycles. The van der Waals surface area contributed by atoms with Gasteiger partial charge in [0.1, 0.15) is 11.1 Å². The van der Waals surface area contributed by atoms with E-state index < -0.39 is 6.89 Å². The van der Waals surface area contributed by atoms with E-state index in [1.165, 1.54) is 11.8 Å². The van der Waals surface area contributed by atoms with Gasteiger partial charge in [0.2, 0.25) is 0 Å². The minimum Gasteiger partial charge on any atom is -0.493 e. The van der Waals surface area contributed by atoms with Crippen molar-refractivity contribution in [2.24, 2.45) is 4.99 Å². The largest absolute Gasteiger partial charge is 0.493 e. The summed E-state index contributed by atoms with van der Waals surface area (Å²) in [5, 5.41) is 14.8. The fourth-order valence-electron chi connectivity index (χ4n) is 4.66. The normalized spacial score (nSPS) is 14.0. The van der Waals surface area contributed by atoms with E-state index >= 15 is 0 Å². The van der Waals surface area contributed by atoms with Crippen LogP contribution in [0.5, 0.6) is 11.5 Å². The van der Waals surface area contributed by atoms with Crippen molar-refractivity contribution in [2.75, 3.05) is 14.2 Å². The number of hydrogen-bond acceptors (Lipinski definition) is 5. The molecule has 0 fully saturated rings. The second-order valence-corrected chi connectivity index (χ2v) is 13.0. The molecule has 39 heavy (non-hydrogen) atoms. The van der Waals surface area contributed by atoms with Gasteiger partial charge < -0.3 is 9.47 Å². The van der Waals surface area contributed by atoms with E-state index in [9.17, 15) is 10.1 Å². The molecule has 0 saturated heterocycles. The van der Waals surface area contributed by atoms with Gasteiger partial charge >= 0.3 is 0 Å².